The second-order valence-corrected chi connectivity index (χ2v) is 8.92. The van der Waals surface area contributed by atoms with Gasteiger partial charge in [0.15, 0.2) is 17.3 Å². The van der Waals surface area contributed by atoms with E-state index in [2.05, 4.69) is 4.90 Å². The predicted molar refractivity (Wildman–Crippen MR) is 136 cm³/mol. The highest BCUT2D eigenvalue weighted by atomic mass is 16.6. The highest BCUT2D eigenvalue weighted by molar-refractivity contribution is 6.15. The van der Waals surface area contributed by atoms with Crippen molar-refractivity contribution in [1.82, 2.24) is 4.90 Å². The fourth-order valence-electron chi connectivity index (χ4n) is 4.61. The van der Waals surface area contributed by atoms with Crippen molar-refractivity contribution in [3.63, 3.8) is 0 Å². The summed E-state index contributed by atoms with van der Waals surface area (Å²) in [6.07, 6.45) is 2.40. The molecule has 0 fully saturated rings. The zero-order chi connectivity index (χ0) is 26.1. The summed E-state index contributed by atoms with van der Waals surface area (Å²) in [6, 6.07) is 13.7. The molecule has 0 bridgehead atoms. The Labute approximate surface area is 214 Å². The molecule has 0 saturated heterocycles. The summed E-state index contributed by atoms with van der Waals surface area (Å²) in [7, 11) is 3.23. The first kappa shape index (κ1) is 24.3. The molecule has 0 radical (unpaired) electrons. The molecule has 37 heavy (non-hydrogen) atoms. The van der Waals surface area contributed by atoms with Gasteiger partial charge >= 0.3 is 0 Å². The monoisotopic (exact) mass is 502 g/mol. The van der Waals surface area contributed by atoms with E-state index in [0.717, 1.165) is 35.4 Å². The molecule has 0 unspecified atom stereocenters. The number of rotatable bonds is 7. The van der Waals surface area contributed by atoms with E-state index in [1.807, 2.05) is 31.2 Å². The summed E-state index contributed by atoms with van der Waals surface area (Å²) in [5.41, 5.74) is 3.96. The van der Waals surface area contributed by atoms with Gasteiger partial charge in [-0.3, -0.25) is 19.8 Å². The fourth-order valence-corrected chi connectivity index (χ4v) is 4.61. The van der Waals surface area contributed by atoms with Gasteiger partial charge in [0.25, 0.3) is 5.69 Å². The lowest BCUT2D eigenvalue weighted by Crippen LogP contribution is -2.34. The molecule has 9 nitrogen and oxygen atoms in total. The standard InChI is InChI=1S/C28H26N2O7/c1-17-27-20(15-29(16-36-27)11-10-19-6-9-23(34-2)24(12-19)35-3)14-22-26(31)25(37-28(17)22)13-18-4-7-21(8-5-18)30(32)33/h4-9,12-14H,10-11,15-16H2,1-3H3/b25-13-. The van der Waals surface area contributed by atoms with Crippen molar-refractivity contribution in [1.29, 1.82) is 0 Å². The molecule has 0 saturated carbocycles. The van der Waals surface area contributed by atoms with Crippen LogP contribution in [-0.4, -0.2) is 43.1 Å². The van der Waals surface area contributed by atoms with Crippen molar-refractivity contribution in [2.24, 2.45) is 0 Å². The van der Waals surface area contributed by atoms with Gasteiger partial charge in [-0.2, -0.15) is 0 Å². The molecule has 0 atom stereocenters. The minimum absolute atomic E-state index is 0.0135. The zero-order valence-corrected chi connectivity index (χ0v) is 20.8. The Morgan fingerprint density at radius 3 is 2.51 bits per heavy atom. The van der Waals surface area contributed by atoms with Crippen LogP contribution in [0.3, 0.4) is 0 Å². The minimum atomic E-state index is -0.463. The first-order valence-electron chi connectivity index (χ1n) is 11.8. The molecule has 3 aromatic rings. The lowest BCUT2D eigenvalue weighted by Gasteiger charge is -2.30. The van der Waals surface area contributed by atoms with Gasteiger partial charge in [0.1, 0.15) is 18.2 Å². The Kier molecular flexibility index (Phi) is 6.54. The van der Waals surface area contributed by atoms with Gasteiger partial charge in [-0.05, 0) is 60.9 Å². The summed E-state index contributed by atoms with van der Waals surface area (Å²) < 4.78 is 22.7. The van der Waals surface area contributed by atoms with Crippen LogP contribution in [0, 0.1) is 17.0 Å². The first-order chi connectivity index (χ1) is 17.9. The van der Waals surface area contributed by atoms with Crippen LogP contribution >= 0.6 is 0 Å². The van der Waals surface area contributed by atoms with Crippen molar-refractivity contribution in [3.05, 3.63) is 92.2 Å². The maximum Gasteiger partial charge on any atom is 0.269 e. The smallest absolute Gasteiger partial charge is 0.269 e. The van der Waals surface area contributed by atoms with Crippen LogP contribution in [0.2, 0.25) is 0 Å². The van der Waals surface area contributed by atoms with Crippen molar-refractivity contribution < 1.29 is 28.7 Å². The van der Waals surface area contributed by atoms with Crippen LogP contribution in [0.1, 0.15) is 32.6 Å². The Morgan fingerprint density at radius 1 is 1.05 bits per heavy atom. The Morgan fingerprint density at radius 2 is 1.81 bits per heavy atom. The van der Waals surface area contributed by atoms with E-state index in [-0.39, 0.29) is 17.2 Å². The number of methoxy groups -OCH3 is 2. The lowest BCUT2D eigenvalue weighted by atomic mass is 9.99. The number of non-ortho nitro benzene ring substituents is 1. The molecule has 0 amide bonds. The fraction of sp³-hybridized carbons (Fsp3) is 0.250. The van der Waals surface area contributed by atoms with Crippen LogP contribution in [0.25, 0.3) is 6.08 Å². The quantitative estimate of drug-likeness (QED) is 0.255. The van der Waals surface area contributed by atoms with Gasteiger partial charge in [-0.1, -0.05) is 6.07 Å². The summed E-state index contributed by atoms with van der Waals surface area (Å²) in [6.45, 7) is 3.73. The summed E-state index contributed by atoms with van der Waals surface area (Å²) in [4.78, 5) is 25.8. The minimum Gasteiger partial charge on any atom is -0.493 e. The SMILES string of the molecule is COc1ccc(CCN2COc3c(cc4c(c3C)O/C(=C\c3ccc([N+](=O)[O-])cc3)C4=O)C2)cc1OC. The number of Topliss-reactive ketones (excluding diaryl/α,β-unsaturated/α-hetero) is 1. The molecule has 5 rings (SSSR count). The number of carbonyl (C=O) groups excluding carboxylic acids is 1. The van der Waals surface area contributed by atoms with E-state index in [0.29, 0.717) is 41.7 Å². The van der Waals surface area contributed by atoms with Gasteiger partial charge in [0.05, 0.1) is 24.7 Å². The topological polar surface area (TPSA) is 100 Å². The Balaban J connectivity index is 1.31. The molecule has 9 heteroatoms. The van der Waals surface area contributed by atoms with Crippen LogP contribution in [-0.2, 0) is 13.0 Å². The van der Waals surface area contributed by atoms with Crippen molar-refractivity contribution in [2.45, 2.75) is 19.9 Å². The van der Waals surface area contributed by atoms with Gasteiger partial charge in [-0.25, -0.2) is 0 Å². The largest absolute Gasteiger partial charge is 0.493 e. The second kappa shape index (κ2) is 9.94. The normalized spacial score (nSPS) is 15.5. The van der Waals surface area contributed by atoms with Crippen molar-refractivity contribution in [3.8, 4) is 23.0 Å². The van der Waals surface area contributed by atoms with Gasteiger partial charge in [0.2, 0.25) is 5.78 Å². The average Bonchev–Trinajstić information content (AvgIpc) is 3.22. The number of benzene rings is 3. The van der Waals surface area contributed by atoms with E-state index in [9.17, 15) is 14.9 Å². The highest BCUT2D eigenvalue weighted by Gasteiger charge is 2.33. The van der Waals surface area contributed by atoms with Gasteiger partial charge in [-0.15, -0.1) is 0 Å². The summed E-state index contributed by atoms with van der Waals surface area (Å²) >= 11 is 0. The van der Waals surface area contributed by atoms with E-state index in [1.54, 1.807) is 32.4 Å². The van der Waals surface area contributed by atoms with Crippen LogP contribution in [0.15, 0.2) is 54.3 Å². The first-order valence-corrected chi connectivity index (χ1v) is 11.8. The summed E-state index contributed by atoms with van der Waals surface area (Å²) in [5.74, 6) is 2.59. The molecule has 2 heterocycles. The van der Waals surface area contributed by atoms with Crippen molar-refractivity contribution >= 4 is 17.5 Å². The molecule has 2 aliphatic rings. The molecule has 190 valence electrons. The third-order valence-corrected chi connectivity index (χ3v) is 6.57. The van der Waals surface area contributed by atoms with Crippen LogP contribution in [0.5, 0.6) is 23.0 Å². The van der Waals surface area contributed by atoms with E-state index in [4.69, 9.17) is 18.9 Å². The zero-order valence-electron chi connectivity index (χ0n) is 20.8. The van der Waals surface area contributed by atoms with Crippen molar-refractivity contribution in [2.75, 3.05) is 27.5 Å². The average molecular weight is 503 g/mol. The molecule has 0 spiro atoms. The van der Waals surface area contributed by atoms with E-state index in [1.165, 1.54) is 12.1 Å². The number of fused-ring (bicyclic) bond motifs is 2. The number of hydrogen-bond acceptors (Lipinski definition) is 8. The number of carbonyl (C=O) groups is 1. The molecule has 0 aliphatic carbocycles. The maximum atomic E-state index is 13.1. The number of ether oxygens (including phenoxy) is 4. The molecule has 0 N–H and O–H groups in total. The van der Waals surface area contributed by atoms with Gasteiger partial charge in [0, 0.05) is 36.3 Å². The Bertz CT molecular complexity index is 1410. The number of hydrogen-bond donors (Lipinski definition) is 0. The number of ketones is 1. The highest BCUT2D eigenvalue weighted by Crippen LogP contribution is 2.43. The third-order valence-electron chi connectivity index (χ3n) is 6.57. The molecule has 0 aromatic heterocycles. The predicted octanol–water partition coefficient (Wildman–Crippen LogP) is 4.93. The third kappa shape index (κ3) is 4.73. The molecule has 2 aliphatic heterocycles. The summed E-state index contributed by atoms with van der Waals surface area (Å²) in [5, 5.41) is 10.9. The van der Waals surface area contributed by atoms with Crippen LogP contribution < -0.4 is 18.9 Å². The Hall–Kier alpha value is -4.37. The van der Waals surface area contributed by atoms with E-state index < -0.39 is 4.92 Å². The lowest BCUT2D eigenvalue weighted by molar-refractivity contribution is -0.384. The number of nitrogens with zero attached hydrogens (tertiary/aromatic N) is 2. The molecular weight excluding hydrogens is 476 g/mol. The van der Waals surface area contributed by atoms with Crippen LogP contribution in [0.4, 0.5) is 5.69 Å². The number of allylic oxidation sites excluding steroid dienone is 1. The second-order valence-electron chi connectivity index (χ2n) is 8.92. The van der Waals surface area contributed by atoms with E-state index >= 15 is 0 Å². The molecule has 3 aromatic carbocycles. The number of nitro benzene ring substituents is 1. The maximum absolute atomic E-state index is 13.1. The molecular formula is C28H26N2O7. The van der Waals surface area contributed by atoms with Gasteiger partial charge < -0.3 is 18.9 Å². The number of nitro groups is 1.